The van der Waals surface area contributed by atoms with Crippen LogP contribution in [0.4, 0.5) is 0 Å². The number of rotatable bonds is 8. The molecule has 0 radical (unpaired) electrons. The van der Waals surface area contributed by atoms with Crippen molar-refractivity contribution in [1.82, 2.24) is 15.5 Å². The smallest absolute Gasteiger partial charge is 0.253 e. The molecule has 0 atom stereocenters. The number of guanidine groups is 1. The standard InChI is InChI=1S/C22H30N4O2/c1-23-22(24-14-12-17-8-10-20(28-4)11-9-17)25-15-13-18-6-5-7-19(16-18)21(27)26(2)3/h5-11,16H,12-15H2,1-4H3,(H2,23,24,25). The fourth-order valence-electron chi connectivity index (χ4n) is 2.78. The lowest BCUT2D eigenvalue weighted by Crippen LogP contribution is -2.39. The third-order valence-corrected chi connectivity index (χ3v) is 4.38. The topological polar surface area (TPSA) is 66.0 Å². The summed E-state index contributed by atoms with van der Waals surface area (Å²) in [6.07, 6.45) is 1.72. The molecule has 2 rings (SSSR count). The van der Waals surface area contributed by atoms with Crippen molar-refractivity contribution in [3.63, 3.8) is 0 Å². The predicted molar refractivity (Wildman–Crippen MR) is 114 cm³/mol. The maximum atomic E-state index is 12.1. The van der Waals surface area contributed by atoms with E-state index in [1.807, 2.05) is 36.4 Å². The Hall–Kier alpha value is -3.02. The highest BCUT2D eigenvalue weighted by atomic mass is 16.5. The number of amides is 1. The zero-order valence-corrected chi connectivity index (χ0v) is 17.2. The van der Waals surface area contributed by atoms with E-state index in [1.54, 1.807) is 33.2 Å². The summed E-state index contributed by atoms with van der Waals surface area (Å²) in [5.74, 6) is 1.66. The number of nitrogens with zero attached hydrogens (tertiary/aromatic N) is 2. The van der Waals surface area contributed by atoms with E-state index in [9.17, 15) is 4.79 Å². The van der Waals surface area contributed by atoms with Crippen molar-refractivity contribution < 1.29 is 9.53 Å². The van der Waals surface area contributed by atoms with Gasteiger partial charge < -0.3 is 20.3 Å². The van der Waals surface area contributed by atoms with Gasteiger partial charge in [-0.3, -0.25) is 9.79 Å². The molecule has 6 heteroatoms. The second kappa shape index (κ2) is 11.0. The van der Waals surface area contributed by atoms with Gasteiger partial charge in [0.25, 0.3) is 5.91 Å². The number of ether oxygens (including phenoxy) is 1. The molecule has 0 fully saturated rings. The average molecular weight is 383 g/mol. The molecule has 0 aliphatic carbocycles. The molecule has 0 aromatic heterocycles. The van der Waals surface area contributed by atoms with Crippen LogP contribution >= 0.6 is 0 Å². The van der Waals surface area contributed by atoms with Crippen molar-refractivity contribution in [2.75, 3.05) is 41.3 Å². The first-order chi connectivity index (χ1) is 13.5. The molecule has 0 unspecified atom stereocenters. The largest absolute Gasteiger partial charge is 0.497 e. The minimum atomic E-state index is 0.0193. The number of aliphatic imine (C=N–C) groups is 1. The van der Waals surface area contributed by atoms with E-state index in [1.165, 1.54) is 5.56 Å². The quantitative estimate of drug-likeness (QED) is 0.543. The summed E-state index contributed by atoms with van der Waals surface area (Å²) in [6.45, 7) is 1.53. The maximum Gasteiger partial charge on any atom is 0.253 e. The van der Waals surface area contributed by atoms with Crippen LogP contribution in [0, 0.1) is 0 Å². The number of carbonyl (C=O) groups excluding carboxylic acids is 1. The molecule has 0 aliphatic rings. The van der Waals surface area contributed by atoms with Crippen LogP contribution in [-0.2, 0) is 12.8 Å². The van der Waals surface area contributed by atoms with E-state index in [-0.39, 0.29) is 5.91 Å². The van der Waals surface area contributed by atoms with Gasteiger partial charge in [-0.25, -0.2) is 0 Å². The van der Waals surface area contributed by atoms with Crippen molar-refractivity contribution in [2.24, 2.45) is 4.99 Å². The summed E-state index contributed by atoms with van der Waals surface area (Å²) < 4.78 is 5.18. The Balaban J connectivity index is 1.76. The number of benzene rings is 2. The van der Waals surface area contributed by atoms with E-state index in [0.29, 0.717) is 5.56 Å². The summed E-state index contributed by atoms with van der Waals surface area (Å²) in [6, 6.07) is 15.8. The van der Waals surface area contributed by atoms with E-state index >= 15 is 0 Å². The fraction of sp³-hybridized carbons (Fsp3) is 0.364. The Kier molecular flexibility index (Phi) is 8.34. The van der Waals surface area contributed by atoms with Crippen molar-refractivity contribution in [3.8, 4) is 5.75 Å². The molecule has 1 amide bonds. The van der Waals surface area contributed by atoms with Crippen LogP contribution < -0.4 is 15.4 Å². The fourth-order valence-corrected chi connectivity index (χ4v) is 2.78. The van der Waals surface area contributed by atoms with Crippen LogP contribution in [-0.4, -0.2) is 58.1 Å². The lowest BCUT2D eigenvalue weighted by atomic mass is 10.1. The van der Waals surface area contributed by atoms with Crippen LogP contribution in [0.1, 0.15) is 21.5 Å². The molecule has 28 heavy (non-hydrogen) atoms. The van der Waals surface area contributed by atoms with Crippen LogP contribution in [0.15, 0.2) is 53.5 Å². The molecule has 0 heterocycles. The van der Waals surface area contributed by atoms with Crippen LogP contribution in [0.3, 0.4) is 0 Å². The molecule has 150 valence electrons. The molecular weight excluding hydrogens is 352 g/mol. The van der Waals surface area contributed by atoms with Gasteiger partial charge in [-0.15, -0.1) is 0 Å². The second-order valence-electron chi connectivity index (χ2n) is 6.67. The van der Waals surface area contributed by atoms with Crippen LogP contribution in [0.2, 0.25) is 0 Å². The minimum Gasteiger partial charge on any atom is -0.497 e. The van der Waals surface area contributed by atoms with Gasteiger partial charge in [-0.1, -0.05) is 24.3 Å². The summed E-state index contributed by atoms with van der Waals surface area (Å²) in [5.41, 5.74) is 3.07. The van der Waals surface area contributed by atoms with E-state index < -0.39 is 0 Å². The van der Waals surface area contributed by atoms with E-state index in [2.05, 4.69) is 27.8 Å². The normalized spacial score (nSPS) is 11.1. The van der Waals surface area contributed by atoms with Crippen molar-refractivity contribution in [3.05, 3.63) is 65.2 Å². The van der Waals surface area contributed by atoms with Gasteiger partial charge in [0.2, 0.25) is 0 Å². The van der Waals surface area contributed by atoms with Crippen LogP contribution in [0.5, 0.6) is 5.75 Å². The number of hydrogen-bond acceptors (Lipinski definition) is 3. The molecular formula is C22H30N4O2. The Morgan fingerprint density at radius 1 is 1.00 bits per heavy atom. The highest BCUT2D eigenvalue weighted by molar-refractivity contribution is 5.94. The lowest BCUT2D eigenvalue weighted by Gasteiger charge is -2.13. The number of carbonyl (C=O) groups is 1. The zero-order valence-electron chi connectivity index (χ0n) is 17.2. The SMILES string of the molecule is CN=C(NCCc1ccc(OC)cc1)NCCc1cccc(C(=O)N(C)C)c1. The minimum absolute atomic E-state index is 0.0193. The third kappa shape index (κ3) is 6.61. The first-order valence-corrected chi connectivity index (χ1v) is 9.41. The third-order valence-electron chi connectivity index (χ3n) is 4.38. The van der Waals surface area contributed by atoms with E-state index in [0.717, 1.165) is 43.2 Å². The molecule has 6 nitrogen and oxygen atoms in total. The maximum absolute atomic E-state index is 12.1. The highest BCUT2D eigenvalue weighted by Gasteiger charge is 2.08. The molecule has 2 N–H and O–H groups in total. The van der Waals surface area contributed by atoms with Gasteiger partial charge in [0.15, 0.2) is 5.96 Å². The number of nitrogens with one attached hydrogen (secondary N) is 2. The molecule has 0 aliphatic heterocycles. The first kappa shape index (κ1) is 21.3. The average Bonchev–Trinajstić information content (AvgIpc) is 2.72. The molecule has 0 spiro atoms. The Morgan fingerprint density at radius 2 is 1.64 bits per heavy atom. The molecule has 2 aromatic carbocycles. The number of hydrogen-bond donors (Lipinski definition) is 2. The molecule has 0 saturated heterocycles. The van der Waals surface area contributed by atoms with Gasteiger partial charge >= 0.3 is 0 Å². The Bertz CT molecular complexity index is 785. The summed E-state index contributed by atoms with van der Waals surface area (Å²) >= 11 is 0. The summed E-state index contributed by atoms with van der Waals surface area (Å²) in [7, 11) is 6.96. The Labute approximate surface area is 167 Å². The molecule has 0 saturated carbocycles. The summed E-state index contributed by atoms with van der Waals surface area (Å²) in [4.78, 5) is 17.9. The van der Waals surface area contributed by atoms with E-state index in [4.69, 9.17) is 4.74 Å². The van der Waals surface area contributed by atoms with Gasteiger partial charge in [0.1, 0.15) is 5.75 Å². The lowest BCUT2D eigenvalue weighted by molar-refractivity contribution is 0.0827. The van der Waals surface area contributed by atoms with Crippen molar-refractivity contribution in [1.29, 1.82) is 0 Å². The zero-order chi connectivity index (χ0) is 20.4. The van der Waals surface area contributed by atoms with Gasteiger partial charge in [-0.2, -0.15) is 0 Å². The Morgan fingerprint density at radius 3 is 2.21 bits per heavy atom. The monoisotopic (exact) mass is 382 g/mol. The second-order valence-corrected chi connectivity index (χ2v) is 6.67. The first-order valence-electron chi connectivity index (χ1n) is 9.41. The number of methoxy groups -OCH3 is 1. The molecule has 2 aromatic rings. The van der Waals surface area contributed by atoms with Gasteiger partial charge in [-0.05, 0) is 48.2 Å². The summed E-state index contributed by atoms with van der Waals surface area (Å²) in [5, 5.41) is 6.64. The van der Waals surface area contributed by atoms with Gasteiger partial charge in [0.05, 0.1) is 7.11 Å². The van der Waals surface area contributed by atoms with Gasteiger partial charge in [0, 0.05) is 39.8 Å². The predicted octanol–water partition coefficient (Wildman–Crippen LogP) is 2.35. The van der Waals surface area contributed by atoms with Crippen molar-refractivity contribution >= 4 is 11.9 Å². The van der Waals surface area contributed by atoms with Crippen molar-refractivity contribution in [2.45, 2.75) is 12.8 Å². The highest BCUT2D eigenvalue weighted by Crippen LogP contribution is 2.11. The molecule has 0 bridgehead atoms. The van der Waals surface area contributed by atoms with Crippen LogP contribution in [0.25, 0.3) is 0 Å².